The Kier molecular flexibility index (Phi) is 5.04. The normalized spacial score (nSPS) is 14.8. The minimum absolute atomic E-state index is 0.110. The zero-order chi connectivity index (χ0) is 14.6. The van der Waals surface area contributed by atoms with Gasteiger partial charge in [-0.3, -0.25) is 4.57 Å². The zero-order valence-electron chi connectivity index (χ0n) is 12.0. The van der Waals surface area contributed by atoms with Gasteiger partial charge >= 0.3 is 7.60 Å². The second-order valence-corrected chi connectivity index (χ2v) is 6.79. The molecule has 0 spiro atoms. The first-order valence-corrected chi connectivity index (χ1v) is 8.78. The van der Waals surface area contributed by atoms with E-state index in [-0.39, 0.29) is 6.16 Å². The van der Waals surface area contributed by atoms with Gasteiger partial charge in [-0.15, -0.1) is 0 Å². The van der Waals surface area contributed by atoms with Crippen LogP contribution in [-0.2, 0) is 32.6 Å². The summed E-state index contributed by atoms with van der Waals surface area (Å²) in [5.41, 5.74) is 2.01. The third kappa shape index (κ3) is 3.15. The second-order valence-electron chi connectivity index (χ2n) is 4.73. The number of hydrogen-bond donors (Lipinski definition) is 0. The van der Waals surface area contributed by atoms with E-state index in [4.69, 9.17) is 18.7 Å². The van der Waals surface area contributed by atoms with Gasteiger partial charge in [0.1, 0.15) is 18.0 Å². The minimum atomic E-state index is -3.19. The minimum Gasteiger partial charge on any atom is -0.449 e. The maximum absolute atomic E-state index is 12.6. The van der Waals surface area contributed by atoms with E-state index in [1.165, 1.54) is 0 Å². The Morgan fingerprint density at radius 2 is 1.80 bits per heavy atom. The number of rotatable bonds is 6. The van der Waals surface area contributed by atoms with Crippen molar-refractivity contribution in [2.75, 3.05) is 13.2 Å². The van der Waals surface area contributed by atoms with Crippen LogP contribution in [0.15, 0.2) is 4.42 Å². The van der Waals surface area contributed by atoms with Gasteiger partial charge in [-0.2, -0.15) is 5.26 Å². The Labute approximate surface area is 119 Å². The molecule has 0 aromatic carbocycles. The molecule has 0 aliphatic heterocycles. The summed E-state index contributed by atoms with van der Waals surface area (Å²) < 4.78 is 28.8. The van der Waals surface area contributed by atoms with Crippen molar-refractivity contribution in [3.05, 3.63) is 22.6 Å². The average Bonchev–Trinajstić information content (AvgIpc) is 2.77. The zero-order valence-corrected chi connectivity index (χ0v) is 12.9. The summed E-state index contributed by atoms with van der Waals surface area (Å²) in [5.74, 6) is 0.954. The highest BCUT2D eigenvalue weighted by Crippen LogP contribution is 2.52. The lowest BCUT2D eigenvalue weighted by Crippen LogP contribution is -2.04. The standard InChI is InChI=1S/C14H20NO4P/c1-3-17-20(16,18-4-2)10-14-12-8-6-5-7-11(12)13(9-15)19-14/h3-8,10H2,1-2H3. The van der Waals surface area contributed by atoms with Gasteiger partial charge in [-0.1, -0.05) is 0 Å². The monoisotopic (exact) mass is 297 g/mol. The van der Waals surface area contributed by atoms with Crippen LogP contribution < -0.4 is 0 Å². The summed E-state index contributed by atoms with van der Waals surface area (Å²) in [6, 6.07) is 2.09. The quantitative estimate of drug-likeness (QED) is 0.747. The molecular formula is C14H20NO4P. The lowest BCUT2D eigenvalue weighted by molar-refractivity contribution is 0.217. The number of nitrogens with zero attached hydrogens (tertiary/aromatic N) is 1. The van der Waals surface area contributed by atoms with E-state index in [0.717, 1.165) is 36.8 Å². The Balaban J connectivity index is 2.31. The summed E-state index contributed by atoms with van der Waals surface area (Å²) in [7, 11) is -3.19. The molecule has 1 heterocycles. The summed E-state index contributed by atoms with van der Waals surface area (Å²) in [6.07, 6.45) is 3.97. The SMILES string of the molecule is CCOP(=O)(Cc1oc(C#N)c2c1CCCC2)OCC. The number of fused-ring (bicyclic) bond motifs is 1. The van der Waals surface area contributed by atoms with Crippen LogP contribution in [0.4, 0.5) is 0 Å². The molecule has 0 saturated carbocycles. The molecule has 2 rings (SSSR count). The Morgan fingerprint density at radius 3 is 2.35 bits per heavy atom. The molecule has 6 heteroatoms. The predicted octanol–water partition coefficient (Wildman–Crippen LogP) is 3.80. The van der Waals surface area contributed by atoms with Crippen molar-refractivity contribution in [2.45, 2.75) is 45.7 Å². The fourth-order valence-corrected chi connectivity index (χ4v) is 4.28. The van der Waals surface area contributed by atoms with E-state index in [1.54, 1.807) is 13.8 Å². The first kappa shape index (κ1) is 15.3. The van der Waals surface area contributed by atoms with Crippen molar-refractivity contribution in [1.29, 1.82) is 5.26 Å². The first-order chi connectivity index (χ1) is 9.63. The van der Waals surface area contributed by atoms with Gasteiger partial charge < -0.3 is 13.5 Å². The topological polar surface area (TPSA) is 72.5 Å². The molecule has 0 atom stereocenters. The predicted molar refractivity (Wildman–Crippen MR) is 74.6 cm³/mol. The van der Waals surface area contributed by atoms with E-state index < -0.39 is 7.60 Å². The van der Waals surface area contributed by atoms with E-state index >= 15 is 0 Å². The van der Waals surface area contributed by atoms with Crippen molar-refractivity contribution in [1.82, 2.24) is 0 Å². The van der Waals surface area contributed by atoms with Crippen molar-refractivity contribution in [3.63, 3.8) is 0 Å². The van der Waals surface area contributed by atoms with Crippen molar-refractivity contribution in [3.8, 4) is 6.07 Å². The van der Waals surface area contributed by atoms with Crippen LogP contribution in [-0.4, -0.2) is 13.2 Å². The van der Waals surface area contributed by atoms with Crippen LogP contribution in [0.3, 0.4) is 0 Å². The molecule has 0 N–H and O–H groups in total. The Bertz CT molecular complexity index is 548. The summed E-state index contributed by atoms with van der Waals surface area (Å²) in [4.78, 5) is 0. The summed E-state index contributed by atoms with van der Waals surface area (Å²) in [5, 5.41) is 9.14. The van der Waals surface area contributed by atoms with Gasteiger partial charge in [0, 0.05) is 5.56 Å². The van der Waals surface area contributed by atoms with Crippen LogP contribution in [0.25, 0.3) is 0 Å². The van der Waals surface area contributed by atoms with Gasteiger partial charge in [-0.05, 0) is 45.1 Å². The molecule has 110 valence electrons. The van der Waals surface area contributed by atoms with Gasteiger partial charge in [0.05, 0.1) is 13.2 Å². The van der Waals surface area contributed by atoms with Gasteiger partial charge in [0.15, 0.2) is 0 Å². The van der Waals surface area contributed by atoms with Crippen LogP contribution >= 0.6 is 7.60 Å². The molecule has 0 unspecified atom stereocenters. The molecule has 0 amide bonds. The lowest BCUT2D eigenvalue weighted by atomic mass is 9.92. The van der Waals surface area contributed by atoms with Gasteiger partial charge in [-0.25, -0.2) is 0 Å². The first-order valence-electron chi connectivity index (χ1n) is 7.05. The average molecular weight is 297 g/mol. The van der Waals surface area contributed by atoms with Crippen LogP contribution in [0.1, 0.15) is 49.3 Å². The smallest absolute Gasteiger partial charge is 0.338 e. The molecule has 0 bridgehead atoms. The molecular weight excluding hydrogens is 277 g/mol. The molecule has 20 heavy (non-hydrogen) atoms. The maximum atomic E-state index is 12.6. The number of furan rings is 1. The second kappa shape index (κ2) is 6.58. The van der Waals surface area contributed by atoms with Gasteiger partial charge in [0.25, 0.3) is 0 Å². The summed E-state index contributed by atoms with van der Waals surface area (Å²) in [6.45, 7) is 4.21. The Hall–Kier alpha value is -1.08. The van der Waals surface area contributed by atoms with E-state index in [2.05, 4.69) is 6.07 Å². The molecule has 0 fully saturated rings. The molecule has 1 aliphatic carbocycles. The molecule has 1 aliphatic rings. The molecule has 1 aromatic rings. The highest BCUT2D eigenvalue weighted by molar-refractivity contribution is 7.53. The maximum Gasteiger partial charge on any atom is 0.338 e. The van der Waals surface area contributed by atoms with Crippen molar-refractivity contribution in [2.24, 2.45) is 0 Å². The van der Waals surface area contributed by atoms with Crippen molar-refractivity contribution >= 4 is 7.60 Å². The molecule has 0 radical (unpaired) electrons. The van der Waals surface area contributed by atoms with Gasteiger partial charge in [0.2, 0.25) is 5.76 Å². The fourth-order valence-electron chi connectivity index (χ4n) is 2.63. The lowest BCUT2D eigenvalue weighted by Gasteiger charge is -2.17. The fraction of sp³-hybridized carbons (Fsp3) is 0.643. The largest absolute Gasteiger partial charge is 0.449 e. The highest BCUT2D eigenvalue weighted by Gasteiger charge is 2.31. The van der Waals surface area contributed by atoms with Crippen LogP contribution in [0.5, 0.6) is 0 Å². The number of hydrogen-bond acceptors (Lipinski definition) is 5. The van der Waals surface area contributed by atoms with E-state index in [9.17, 15) is 4.57 Å². The van der Waals surface area contributed by atoms with E-state index in [1.807, 2.05) is 0 Å². The molecule has 1 aromatic heterocycles. The highest BCUT2D eigenvalue weighted by atomic mass is 31.2. The van der Waals surface area contributed by atoms with Crippen LogP contribution in [0.2, 0.25) is 0 Å². The third-order valence-corrected chi connectivity index (χ3v) is 5.37. The molecule has 5 nitrogen and oxygen atoms in total. The third-order valence-electron chi connectivity index (χ3n) is 3.39. The number of nitriles is 1. The molecule has 0 saturated heterocycles. The Morgan fingerprint density at radius 1 is 1.20 bits per heavy atom. The van der Waals surface area contributed by atoms with Crippen molar-refractivity contribution < 1.29 is 18.0 Å². The van der Waals surface area contributed by atoms with E-state index in [0.29, 0.717) is 24.7 Å². The summed E-state index contributed by atoms with van der Waals surface area (Å²) >= 11 is 0. The van der Waals surface area contributed by atoms with Crippen LogP contribution in [0, 0.1) is 11.3 Å².